The standard InChI is InChI=1S/C44H55N8O8P/c1-28(2)41(53)48-43-47-40-39(42(54)49-43)46-27-50(40)38-25-36(60-61(55)51(24-12-23-45)52(29(3)4)30(5)6)37(59-38)26-58-44(31-13-10-9-11-14-31,32-15-19-34(56-7)20-16-32)33-17-21-35(57-8)22-18-33/h9-11,13-22,27-30,36-38,55H,12,24-26H2,1-8H3,(H2,47,48,49,53,54)/t36-,37+,38+,61?/m0/s1. The number of H-pyrrole nitrogens is 1. The van der Waals surface area contributed by atoms with Crippen LogP contribution >= 0.6 is 8.53 Å². The summed E-state index contributed by atoms with van der Waals surface area (Å²) >= 11 is 0. The number of nitrogens with zero attached hydrogens (tertiary/aromatic N) is 6. The minimum absolute atomic E-state index is 0.0153. The van der Waals surface area contributed by atoms with Crippen LogP contribution in [0.3, 0.4) is 0 Å². The quantitative estimate of drug-likeness (QED) is 0.0443. The molecular weight excluding hydrogens is 800 g/mol. The van der Waals surface area contributed by atoms with Crippen molar-refractivity contribution in [1.29, 1.82) is 5.26 Å². The molecule has 1 fully saturated rings. The van der Waals surface area contributed by atoms with E-state index in [1.54, 1.807) is 37.4 Å². The fraction of sp³-hybridized carbons (Fsp3) is 0.432. The third-order valence-corrected chi connectivity index (χ3v) is 11.8. The zero-order valence-corrected chi connectivity index (χ0v) is 36.7. The first-order chi connectivity index (χ1) is 29.3. The lowest BCUT2D eigenvalue weighted by Crippen LogP contribution is -2.49. The minimum atomic E-state index is -2.32. The van der Waals surface area contributed by atoms with E-state index in [9.17, 15) is 19.7 Å². The van der Waals surface area contributed by atoms with Gasteiger partial charge in [0.1, 0.15) is 29.4 Å². The number of carbonyl (C=O) groups excluding carboxylic acids is 1. The summed E-state index contributed by atoms with van der Waals surface area (Å²) in [6.45, 7) is 11.8. The third-order valence-electron chi connectivity index (χ3n) is 10.5. The van der Waals surface area contributed by atoms with Gasteiger partial charge in [0.2, 0.25) is 11.9 Å². The minimum Gasteiger partial charge on any atom is -0.497 e. The van der Waals surface area contributed by atoms with Crippen molar-refractivity contribution in [2.45, 2.75) is 90.5 Å². The molecule has 0 spiro atoms. The number of ether oxygens (including phenoxy) is 4. The molecule has 1 aliphatic rings. The molecular formula is C44H55N8O8P. The predicted molar refractivity (Wildman–Crippen MR) is 231 cm³/mol. The first kappa shape index (κ1) is 45.3. The van der Waals surface area contributed by atoms with E-state index in [0.29, 0.717) is 11.5 Å². The van der Waals surface area contributed by atoms with E-state index < -0.39 is 38.1 Å². The van der Waals surface area contributed by atoms with Crippen LogP contribution in [0.4, 0.5) is 5.95 Å². The molecule has 4 atom stereocenters. The summed E-state index contributed by atoms with van der Waals surface area (Å²) in [5.74, 6) is 0.657. The number of hydrogen-bond donors (Lipinski definition) is 3. The Labute approximate surface area is 357 Å². The monoisotopic (exact) mass is 854 g/mol. The summed E-state index contributed by atoms with van der Waals surface area (Å²) in [5, 5.41) is 14.3. The average Bonchev–Trinajstić information content (AvgIpc) is 3.87. The molecule has 1 saturated heterocycles. The number of carbonyl (C=O) groups is 1. The highest BCUT2D eigenvalue weighted by Crippen LogP contribution is 2.47. The van der Waals surface area contributed by atoms with E-state index in [-0.39, 0.29) is 67.0 Å². The number of hydrogen-bond acceptors (Lipinski definition) is 13. The Morgan fingerprint density at radius 1 is 0.984 bits per heavy atom. The molecule has 5 aromatic rings. The highest BCUT2D eigenvalue weighted by Gasteiger charge is 2.45. The maximum Gasteiger partial charge on any atom is 0.280 e. The second-order valence-electron chi connectivity index (χ2n) is 15.5. The highest BCUT2D eigenvalue weighted by molar-refractivity contribution is 7.43. The molecule has 0 bridgehead atoms. The van der Waals surface area contributed by atoms with Crippen LogP contribution in [0.2, 0.25) is 0 Å². The number of amides is 1. The van der Waals surface area contributed by atoms with Crippen LogP contribution in [0.25, 0.3) is 11.2 Å². The smallest absolute Gasteiger partial charge is 0.280 e. The summed E-state index contributed by atoms with van der Waals surface area (Å²) < 4.78 is 35.2. The molecule has 16 nitrogen and oxygen atoms in total. The molecule has 3 heterocycles. The van der Waals surface area contributed by atoms with Crippen LogP contribution in [-0.2, 0) is 24.4 Å². The summed E-state index contributed by atoms with van der Waals surface area (Å²) in [6.07, 6.45) is -0.538. The van der Waals surface area contributed by atoms with Crippen molar-refractivity contribution in [2.75, 3.05) is 32.7 Å². The van der Waals surface area contributed by atoms with Crippen LogP contribution in [0, 0.1) is 17.2 Å². The number of nitrogens with one attached hydrogen (secondary N) is 2. The lowest BCUT2D eigenvalue weighted by molar-refractivity contribution is -0.118. The number of benzene rings is 3. The number of fused-ring (bicyclic) bond motifs is 1. The van der Waals surface area contributed by atoms with E-state index >= 15 is 0 Å². The molecule has 17 heteroatoms. The van der Waals surface area contributed by atoms with E-state index in [0.717, 1.165) is 16.7 Å². The Morgan fingerprint density at radius 3 is 2.11 bits per heavy atom. The van der Waals surface area contributed by atoms with Crippen LogP contribution in [0.5, 0.6) is 11.5 Å². The van der Waals surface area contributed by atoms with E-state index in [4.69, 9.17) is 23.5 Å². The summed E-state index contributed by atoms with van der Waals surface area (Å²) in [4.78, 5) is 49.4. The first-order valence-electron chi connectivity index (χ1n) is 20.3. The van der Waals surface area contributed by atoms with Crippen molar-refractivity contribution >= 4 is 31.5 Å². The van der Waals surface area contributed by atoms with Crippen LogP contribution in [-0.4, -0.2) is 91.8 Å². The highest BCUT2D eigenvalue weighted by atomic mass is 31.2. The zero-order valence-electron chi connectivity index (χ0n) is 35.8. The van der Waals surface area contributed by atoms with Crippen LogP contribution in [0.1, 0.15) is 77.3 Å². The Bertz CT molecular complexity index is 2260. The fourth-order valence-electron chi connectivity index (χ4n) is 7.61. The van der Waals surface area contributed by atoms with Crippen molar-refractivity contribution in [3.8, 4) is 17.6 Å². The van der Waals surface area contributed by atoms with Gasteiger partial charge in [-0.15, -0.1) is 0 Å². The third kappa shape index (κ3) is 9.95. The van der Waals surface area contributed by atoms with Crippen LogP contribution in [0.15, 0.2) is 90.0 Å². The van der Waals surface area contributed by atoms with Gasteiger partial charge < -0.3 is 28.4 Å². The lowest BCUT2D eigenvalue weighted by Gasteiger charge is -2.42. The summed E-state index contributed by atoms with van der Waals surface area (Å²) in [5.41, 5.74) is 0.990. The molecule has 3 N–H and O–H groups in total. The van der Waals surface area contributed by atoms with Gasteiger partial charge in [-0.25, -0.2) is 9.99 Å². The maximum atomic E-state index is 13.2. The fourth-order valence-corrected chi connectivity index (χ4v) is 9.05. The first-order valence-corrected chi connectivity index (χ1v) is 21.5. The molecule has 1 amide bonds. The van der Waals surface area contributed by atoms with Gasteiger partial charge in [-0.3, -0.25) is 24.5 Å². The number of aromatic nitrogens is 4. The van der Waals surface area contributed by atoms with Crippen molar-refractivity contribution < 1.29 is 33.2 Å². The Balaban J connectivity index is 1.44. The molecule has 3 aromatic carbocycles. The topological polar surface area (TPSA) is 189 Å². The molecule has 0 saturated carbocycles. The Kier molecular flexibility index (Phi) is 14.9. The van der Waals surface area contributed by atoms with Gasteiger partial charge >= 0.3 is 0 Å². The van der Waals surface area contributed by atoms with Gasteiger partial charge in [-0.2, -0.15) is 15.0 Å². The van der Waals surface area contributed by atoms with Crippen LogP contribution < -0.4 is 20.3 Å². The van der Waals surface area contributed by atoms with Gasteiger partial charge in [0.25, 0.3) is 14.1 Å². The zero-order chi connectivity index (χ0) is 43.8. The SMILES string of the molecule is COc1ccc(C(OC[C@H]2O[C@@H](n3cnc4c(=O)[nH]c(NC(=O)C(C)C)nc43)C[C@@H]2OP(O)N(CCC#N)N(C(C)C)C(C)C)(c2ccccc2)c2ccc(OC)cc2)cc1. The number of hydrazine groups is 1. The Hall–Kier alpha value is -5.24. The molecule has 6 rings (SSSR count). The van der Waals surface area contributed by atoms with Crippen molar-refractivity contribution in [3.63, 3.8) is 0 Å². The van der Waals surface area contributed by atoms with Gasteiger partial charge in [-0.05, 0) is 68.7 Å². The second kappa shape index (κ2) is 20.1. The van der Waals surface area contributed by atoms with Crippen molar-refractivity contribution in [1.82, 2.24) is 29.3 Å². The number of imidazole rings is 1. The van der Waals surface area contributed by atoms with E-state index in [1.165, 1.54) is 6.33 Å². The second-order valence-corrected chi connectivity index (χ2v) is 16.7. The van der Waals surface area contributed by atoms with E-state index in [1.807, 2.05) is 112 Å². The molecule has 0 aliphatic carbocycles. The molecule has 61 heavy (non-hydrogen) atoms. The Morgan fingerprint density at radius 2 is 1.57 bits per heavy atom. The predicted octanol–water partition coefficient (Wildman–Crippen LogP) is 6.88. The number of aromatic amines is 1. The molecule has 1 unspecified atom stereocenters. The summed E-state index contributed by atoms with van der Waals surface area (Å²) in [7, 11) is 0.915. The van der Waals surface area contributed by atoms with Gasteiger partial charge in [0, 0.05) is 37.4 Å². The number of nitriles is 1. The van der Waals surface area contributed by atoms with Gasteiger partial charge in [-0.1, -0.05) is 68.4 Å². The normalized spacial score (nSPS) is 17.4. The van der Waals surface area contributed by atoms with Crippen molar-refractivity contribution in [3.05, 3.63) is 112 Å². The lowest BCUT2D eigenvalue weighted by atomic mass is 9.80. The molecule has 1 aliphatic heterocycles. The average molecular weight is 855 g/mol. The molecule has 324 valence electrons. The van der Waals surface area contributed by atoms with Gasteiger partial charge in [0.15, 0.2) is 11.2 Å². The van der Waals surface area contributed by atoms with Crippen molar-refractivity contribution in [2.24, 2.45) is 5.92 Å². The largest absolute Gasteiger partial charge is 0.497 e. The van der Waals surface area contributed by atoms with E-state index in [2.05, 4.69) is 26.3 Å². The maximum absolute atomic E-state index is 13.2. The molecule has 2 aromatic heterocycles. The number of rotatable bonds is 19. The molecule has 0 radical (unpaired) electrons. The number of methoxy groups -OCH3 is 2. The number of anilines is 1. The summed E-state index contributed by atoms with van der Waals surface area (Å²) in [6, 6.07) is 27.4. The van der Waals surface area contributed by atoms with Gasteiger partial charge in [0.05, 0.1) is 39.3 Å².